The lowest BCUT2D eigenvalue weighted by molar-refractivity contribution is 1.25. The molecule has 2 aromatic rings. The van der Waals surface area contributed by atoms with E-state index < -0.39 is 0 Å². The van der Waals surface area contributed by atoms with Gasteiger partial charge in [-0.1, -0.05) is 36.4 Å². The molecular weight excluding hydrogens is 168 g/mol. The largest absolute Gasteiger partial charge is 0.0619 e. The van der Waals surface area contributed by atoms with E-state index in [2.05, 4.69) is 36.4 Å². The van der Waals surface area contributed by atoms with Crippen molar-refractivity contribution >= 4 is 0 Å². The molecule has 0 saturated heterocycles. The lowest BCUT2D eigenvalue weighted by Crippen LogP contribution is -1.78. The van der Waals surface area contributed by atoms with Crippen LogP contribution in [-0.2, 0) is 12.8 Å². The zero-order valence-electron chi connectivity index (χ0n) is 7.88. The summed E-state index contributed by atoms with van der Waals surface area (Å²) in [5, 5.41) is 0. The normalized spacial score (nSPS) is 14.6. The molecular formula is C14H10. The zero-order valence-corrected chi connectivity index (χ0v) is 7.88. The summed E-state index contributed by atoms with van der Waals surface area (Å²) in [6.45, 7) is 0. The molecule has 0 N–H and O–H groups in total. The first-order valence-electron chi connectivity index (χ1n) is 5.15. The van der Waals surface area contributed by atoms with Gasteiger partial charge in [0.05, 0.1) is 0 Å². The van der Waals surface area contributed by atoms with Gasteiger partial charge in [-0.25, -0.2) is 0 Å². The second kappa shape index (κ2) is 2.09. The molecule has 2 aliphatic carbocycles. The molecule has 0 bridgehead atoms. The minimum atomic E-state index is 1.16. The second-order valence-electron chi connectivity index (χ2n) is 4.24. The summed E-state index contributed by atoms with van der Waals surface area (Å²) in [6.07, 6.45) is 2.40. The molecule has 14 heavy (non-hydrogen) atoms. The maximum atomic E-state index is 2.30. The monoisotopic (exact) mass is 178 g/mol. The molecule has 0 heteroatoms. The third-order valence-corrected chi connectivity index (χ3v) is 3.45. The Morgan fingerprint density at radius 1 is 0.643 bits per heavy atom. The van der Waals surface area contributed by atoms with Crippen LogP contribution in [0.3, 0.4) is 0 Å². The molecule has 0 nitrogen and oxygen atoms in total. The van der Waals surface area contributed by atoms with E-state index in [4.69, 9.17) is 0 Å². The predicted molar refractivity (Wildman–Crippen MR) is 57.5 cm³/mol. The van der Waals surface area contributed by atoms with Gasteiger partial charge < -0.3 is 0 Å². The zero-order chi connectivity index (χ0) is 9.12. The van der Waals surface area contributed by atoms with Crippen LogP contribution in [0.4, 0.5) is 0 Å². The van der Waals surface area contributed by atoms with Gasteiger partial charge in [0.15, 0.2) is 0 Å². The number of fused-ring (bicyclic) bond motifs is 5. The highest BCUT2D eigenvalue weighted by Gasteiger charge is 2.28. The van der Waals surface area contributed by atoms with Gasteiger partial charge in [-0.05, 0) is 46.2 Å². The van der Waals surface area contributed by atoms with Crippen molar-refractivity contribution in [1.29, 1.82) is 0 Å². The smallest absolute Gasteiger partial charge is 0.00105 e. The minimum absolute atomic E-state index is 1.16. The highest BCUT2D eigenvalue weighted by atomic mass is 14.3. The van der Waals surface area contributed by atoms with Crippen molar-refractivity contribution in [2.45, 2.75) is 12.8 Å². The van der Waals surface area contributed by atoms with Gasteiger partial charge in [0.2, 0.25) is 0 Å². The molecule has 0 aliphatic heterocycles. The third-order valence-electron chi connectivity index (χ3n) is 3.45. The summed E-state index contributed by atoms with van der Waals surface area (Å²) in [5.74, 6) is 0. The average Bonchev–Trinajstić information content (AvgIpc) is 2.92. The number of hydrogen-bond acceptors (Lipinski definition) is 0. The number of rotatable bonds is 0. The van der Waals surface area contributed by atoms with Crippen molar-refractivity contribution in [2.75, 3.05) is 0 Å². The van der Waals surface area contributed by atoms with Crippen molar-refractivity contribution in [3.05, 3.63) is 58.7 Å². The van der Waals surface area contributed by atoms with Crippen LogP contribution < -0.4 is 0 Å². The van der Waals surface area contributed by atoms with Gasteiger partial charge in [-0.15, -0.1) is 0 Å². The molecule has 0 aromatic heterocycles. The van der Waals surface area contributed by atoms with Crippen LogP contribution in [-0.4, -0.2) is 0 Å². The summed E-state index contributed by atoms with van der Waals surface area (Å²) >= 11 is 0. The van der Waals surface area contributed by atoms with Crippen molar-refractivity contribution in [3.8, 4) is 11.1 Å². The number of benzene rings is 2. The Morgan fingerprint density at radius 2 is 1.50 bits per heavy atom. The van der Waals surface area contributed by atoms with E-state index in [1.165, 1.54) is 23.1 Å². The van der Waals surface area contributed by atoms with Gasteiger partial charge in [0.1, 0.15) is 0 Å². The van der Waals surface area contributed by atoms with Crippen LogP contribution in [0.5, 0.6) is 0 Å². The fraction of sp³-hybridized carbons (Fsp3) is 0.143. The summed E-state index contributed by atoms with van der Waals surface area (Å²) in [6, 6.07) is 13.4. The van der Waals surface area contributed by atoms with Crippen molar-refractivity contribution in [2.24, 2.45) is 0 Å². The van der Waals surface area contributed by atoms with Crippen molar-refractivity contribution < 1.29 is 0 Å². The predicted octanol–water partition coefficient (Wildman–Crippen LogP) is 3.16. The molecule has 2 aromatic carbocycles. The third kappa shape index (κ3) is 0.701. The highest BCUT2D eigenvalue weighted by Crippen LogP contribution is 2.44. The van der Waals surface area contributed by atoms with E-state index in [1.807, 2.05) is 0 Å². The maximum absolute atomic E-state index is 2.30. The van der Waals surface area contributed by atoms with Crippen LogP contribution in [0.1, 0.15) is 22.3 Å². The van der Waals surface area contributed by atoms with Gasteiger partial charge in [-0.3, -0.25) is 0 Å². The van der Waals surface area contributed by atoms with Crippen molar-refractivity contribution in [3.63, 3.8) is 0 Å². The topological polar surface area (TPSA) is 0 Å². The van der Waals surface area contributed by atoms with E-state index in [1.54, 1.807) is 16.7 Å². The van der Waals surface area contributed by atoms with Crippen LogP contribution in [0, 0.1) is 0 Å². The van der Waals surface area contributed by atoms with E-state index in [0.717, 1.165) is 6.42 Å². The number of hydrogen-bond donors (Lipinski definition) is 0. The Balaban J connectivity index is 2.08. The Kier molecular flexibility index (Phi) is 1.02. The minimum Gasteiger partial charge on any atom is -0.0619 e. The van der Waals surface area contributed by atoms with E-state index >= 15 is 0 Å². The van der Waals surface area contributed by atoms with Gasteiger partial charge in [0, 0.05) is 0 Å². The van der Waals surface area contributed by atoms with E-state index in [-0.39, 0.29) is 0 Å². The lowest BCUT2D eigenvalue weighted by Gasteiger charge is -1.97. The quantitative estimate of drug-likeness (QED) is 0.388. The van der Waals surface area contributed by atoms with Crippen LogP contribution in [0.15, 0.2) is 36.4 Å². The molecule has 0 atom stereocenters. The standard InChI is InChI=1S/C14H10/c1-2-4-11-9(3-1)8-14-12(11)6-5-10-7-13(10)14/h1-6H,7-8H2. The SMILES string of the molecule is c1ccc2c(c1)Cc1c-2ccc2c1C2. The lowest BCUT2D eigenvalue weighted by atomic mass is 10.1. The Bertz CT molecular complexity index is 550. The fourth-order valence-corrected chi connectivity index (χ4v) is 2.64. The molecule has 2 aliphatic rings. The first kappa shape index (κ1) is 6.83. The molecule has 0 amide bonds. The summed E-state index contributed by atoms with van der Waals surface area (Å²) in [4.78, 5) is 0. The first-order chi connectivity index (χ1) is 6.93. The van der Waals surface area contributed by atoms with Gasteiger partial charge in [0.25, 0.3) is 0 Å². The molecule has 0 radical (unpaired) electrons. The molecule has 0 spiro atoms. The molecule has 0 unspecified atom stereocenters. The first-order valence-corrected chi connectivity index (χ1v) is 5.15. The van der Waals surface area contributed by atoms with Crippen molar-refractivity contribution in [1.82, 2.24) is 0 Å². The maximum Gasteiger partial charge on any atom is -0.00105 e. The molecule has 4 rings (SSSR count). The molecule has 0 heterocycles. The van der Waals surface area contributed by atoms with E-state index in [9.17, 15) is 0 Å². The average molecular weight is 178 g/mol. The molecule has 0 fully saturated rings. The van der Waals surface area contributed by atoms with Crippen LogP contribution in [0.2, 0.25) is 0 Å². The second-order valence-corrected chi connectivity index (χ2v) is 4.24. The summed E-state index contributed by atoms with van der Waals surface area (Å²) < 4.78 is 0. The Morgan fingerprint density at radius 3 is 2.50 bits per heavy atom. The molecule has 0 saturated carbocycles. The van der Waals surface area contributed by atoms with E-state index in [0.29, 0.717) is 0 Å². The Hall–Kier alpha value is -1.56. The van der Waals surface area contributed by atoms with Crippen LogP contribution >= 0.6 is 0 Å². The van der Waals surface area contributed by atoms with Crippen LogP contribution in [0.25, 0.3) is 11.1 Å². The summed E-state index contributed by atoms with van der Waals surface area (Å²) in [7, 11) is 0. The van der Waals surface area contributed by atoms with Gasteiger partial charge in [-0.2, -0.15) is 0 Å². The summed E-state index contributed by atoms with van der Waals surface area (Å²) in [5.41, 5.74) is 9.23. The Labute approximate surface area is 83.2 Å². The fourth-order valence-electron chi connectivity index (χ4n) is 2.64. The highest BCUT2D eigenvalue weighted by molar-refractivity contribution is 5.80. The molecule has 66 valence electrons. The van der Waals surface area contributed by atoms with Gasteiger partial charge >= 0.3 is 0 Å².